The number of hydrogen-bond acceptors (Lipinski definition) is 5. The quantitative estimate of drug-likeness (QED) is 0.731. The Labute approximate surface area is 165 Å². The molecule has 1 heterocycles. The van der Waals surface area contributed by atoms with E-state index in [-0.39, 0.29) is 17.4 Å². The summed E-state index contributed by atoms with van der Waals surface area (Å²) in [5.74, 6) is 0.685. The third kappa shape index (κ3) is 4.82. The Morgan fingerprint density at radius 1 is 1.04 bits per heavy atom. The lowest BCUT2D eigenvalue weighted by Crippen LogP contribution is -2.27. The van der Waals surface area contributed by atoms with Gasteiger partial charge in [0.2, 0.25) is 10.0 Å². The van der Waals surface area contributed by atoms with Crippen molar-refractivity contribution in [2.45, 2.75) is 24.7 Å². The summed E-state index contributed by atoms with van der Waals surface area (Å²) in [4.78, 5) is 12.4. The first kappa shape index (κ1) is 20.2. The van der Waals surface area contributed by atoms with Crippen LogP contribution in [0.2, 0.25) is 0 Å². The molecule has 0 bridgehead atoms. The van der Waals surface area contributed by atoms with Gasteiger partial charge in [-0.2, -0.15) is 4.31 Å². The van der Waals surface area contributed by atoms with Gasteiger partial charge in [-0.3, -0.25) is 4.79 Å². The molecule has 0 spiro atoms. The van der Waals surface area contributed by atoms with Crippen LogP contribution in [0.4, 0.5) is 5.69 Å². The molecule has 3 rings (SSSR count). The van der Waals surface area contributed by atoms with Crippen molar-refractivity contribution in [3.05, 3.63) is 48.5 Å². The van der Waals surface area contributed by atoms with Gasteiger partial charge in [0.05, 0.1) is 17.2 Å². The van der Waals surface area contributed by atoms with E-state index in [0.717, 1.165) is 12.8 Å². The molecule has 0 radical (unpaired) electrons. The maximum Gasteiger partial charge on any atom is 0.262 e. The lowest BCUT2D eigenvalue weighted by atomic mass is 10.3. The molecule has 0 aromatic heterocycles. The van der Waals surface area contributed by atoms with Crippen LogP contribution in [0.3, 0.4) is 0 Å². The molecule has 7 nitrogen and oxygen atoms in total. The SMILES string of the molecule is CCOc1ccccc1NC(=O)COc1ccc(S(=O)(=O)N2CCCC2)cc1. The van der Waals surface area contributed by atoms with Crippen molar-refractivity contribution < 1.29 is 22.7 Å². The zero-order chi connectivity index (χ0) is 20.0. The van der Waals surface area contributed by atoms with Crippen LogP contribution >= 0.6 is 0 Å². The normalized spacial score (nSPS) is 14.6. The first-order chi connectivity index (χ1) is 13.5. The number of hydrogen-bond donors (Lipinski definition) is 1. The van der Waals surface area contributed by atoms with E-state index in [1.165, 1.54) is 16.4 Å². The molecular weight excluding hydrogens is 380 g/mol. The van der Waals surface area contributed by atoms with Gasteiger partial charge in [-0.15, -0.1) is 0 Å². The van der Waals surface area contributed by atoms with Crippen LogP contribution in [0.1, 0.15) is 19.8 Å². The molecule has 0 atom stereocenters. The van der Waals surface area contributed by atoms with E-state index in [1.807, 2.05) is 13.0 Å². The van der Waals surface area contributed by atoms with Gasteiger partial charge in [-0.25, -0.2) is 8.42 Å². The van der Waals surface area contributed by atoms with Crippen molar-refractivity contribution in [2.75, 3.05) is 31.6 Å². The predicted molar refractivity (Wildman–Crippen MR) is 106 cm³/mol. The number of nitrogens with zero attached hydrogens (tertiary/aromatic N) is 1. The molecule has 1 amide bonds. The second-order valence-electron chi connectivity index (χ2n) is 6.35. The number of ether oxygens (including phenoxy) is 2. The van der Waals surface area contributed by atoms with E-state index >= 15 is 0 Å². The van der Waals surface area contributed by atoms with E-state index in [2.05, 4.69) is 5.32 Å². The minimum atomic E-state index is -3.45. The van der Waals surface area contributed by atoms with Gasteiger partial charge in [0.15, 0.2) is 6.61 Å². The van der Waals surface area contributed by atoms with Crippen LogP contribution in [0, 0.1) is 0 Å². The molecule has 28 heavy (non-hydrogen) atoms. The highest BCUT2D eigenvalue weighted by molar-refractivity contribution is 7.89. The number of carbonyl (C=O) groups excluding carboxylic acids is 1. The van der Waals surface area contributed by atoms with Crippen molar-refractivity contribution in [1.82, 2.24) is 4.31 Å². The Bertz CT molecular complexity index is 906. The molecule has 1 saturated heterocycles. The van der Waals surface area contributed by atoms with Gasteiger partial charge in [0, 0.05) is 13.1 Å². The van der Waals surface area contributed by atoms with E-state index in [9.17, 15) is 13.2 Å². The van der Waals surface area contributed by atoms with Gasteiger partial charge < -0.3 is 14.8 Å². The van der Waals surface area contributed by atoms with Crippen molar-refractivity contribution in [3.8, 4) is 11.5 Å². The van der Waals surface area contributed by atoms with E-state index in [0.29, 0.717) is 36.9 Å². The lowest BCUT2D eigenvalue weighted by Gasteiger charge is -2.15. The minimum Gasteiger partial charge on any atom is -0.492 e. The first-order valence-electron chi connectivity index (χ1n) is 9.25. The first-order valence-corrected chi connectivity index (χ1v) is 10.7. The van der Waals surface area contributed by atoms with Crippen molar-refractivity contribution >= 4 is 21.6 Å². The molecule has 150 valence electrons. The molecule has 2 aromatic rings. The molecule has 1 N–H and O–H groups in total. The largest absolute Gasteiger partial charge is 0.492 e. The van der Waals surface area contributed by atoms with Crippen LogP contribution < -0.4 is 14.8 Å². The Hall–Kier alpha value is -2.58. The molecule has 0 saturated carbocycles. The van der Waals surface area contributed by atoms with E-state index < -0.39 is 10.0 Å². The number of amides is 1. The average Bonchev–Trinajstić information content (AvgIpc) is 3.24. The second kappa shape index (κ2) is 9.07. The summed E-state index contributed by atoms with van der Waals surface area (Å²) in [5.41, 5.74) is 0.574. The molecule has 2 aromatic carbocycles. The smallest absolute Gasteiger partial charge is 0.262 e. The Balaban J connectivity index is 1.57. The number of sulfonamides is 1. The Morgan fingerprint density at radius 3 is 2.39 bits per heavy atom. The fraction of sp³-hybridized carbons (Fsp3) is 0.350. The third-order valence-electron chi connectivity index (χ3n) is 4.36. The van der Waals surface area contributed by atoms with Gasteiger partial charge in [0.25, 0.3) is 5.91 Å². The number of nitrogens with one attached hydrogen (secondary N) is 1. The fourth-order valence-electron chi connectivity index (χ4n) is 2.97. The molecule has 8 heteroatoms. The Kier molecular flexibility index (Phi) is 6.53. The number of benzene rings is 2. The fourth-order valence-corrected chi connectivity index (χ4v) is 4.49. The van der Waals surface area contributed by atoms with E-state index in [1.54, 1.807) is 30.3 Å². The number of para-hydroxylation sites is 2. The number of carbonyl (C=O) groups is 1. The average molecular weight is 404 g/mol. The summed E-state index contributed by atoms with van der Waals surface area (Å²) in [6, 6.07) is 13.3. The van der Waals surface area contributed by atoms with Gasteiger partial charge in [0.1, 0.15) is 11.5 Å². The lowest BCUT2D eigenvalue weighted by molar-refractivity contribution is -0.118. The second-order valence-corrected chi connectivity index (χ2v) is 8.29. The van der Waals surface area contributed by atoms with E-state index in [4.69, 9.17) is 9.47 Å². The summed E-state index contributed by atoms with van der Waals surface area (Å²) in [6.45, 7) is 3.29. The number of rotatable bonds is 8. The van der Waals surface area contributed by atoms with Crippen LogP contribution in [0.5, 0.6) is 11.5 Å². The summed E-state index contributed by atoms with van der Waals surface area (Å²) in [7, 11) is -3.45. The van der Waals surface area contributed by atoms with Crippen LogP contribution in [0.15, 0.2) is 53.4 Å². The topological polar surface area (TPSA) is 84.9 Å². The Morgan fingerprint density at radius 2 is 1.71 bits per heavy atom. The van der Waals surface area contributed by atoms with Crippen molar-refractivity contribution in [3.63, 3.8) is 0 Å². The van der Waals surface area contributed by atoms with Crippen LogP contribution in [-0.4, -0.2) is 44.9 Å². The van der Waals surface area contributed by atoms with Crippen molar-refractivity contribution in [1.29, 1.82) is 0 Å². The summed E-state index contributed by atoms with van der Waals surface area (Å²) in [5, 5.41) is 2.75. The molecule has 1 fully saturated rings. The highest BCUT2D eigenvalue weighted by Gasteiger charge is 2.26. The monoisotopic (exact) mass is 404 g/mol. The van der Waals surface area contributed by atoms with Gasteiger partial charge in [-0.1, -0.05) is 12.1 Å². The molecule has 0 aliphatic carbocycles. The maximum atomic E-state index is 12.5. The summed E-state index contributed by atoms with van der Waals surface area (Å²) < 4.78 is 37.5. The zero-order valence-corrected chi connectivity index (χ0v) is 16.6. The molecular formula is C20H24N2O5S. The minimum absolute atomic E-state index is 0.196. The molecule has 0 unspecified atom stereocenters. The highest BCUT2D eigenvalue weighted by Crippen LogP contribution is 2.24. The highest BCUT2D eigenvalue weighted by atomic mass is 32.2. The third-order valence-corrected chi connectivity index (χ3v) is 6.27. The van der Waals surface area contributed by atoms with Crippen molar-refractivity contribution in [2.24, 2.45) is 0 Å². The summed E-state index contributed by atoms with van der Waals surface area (Å²) in [6.07, 6.45) is 1.78. The predicted octanol–water partition coefficient (Wildman–Crippen LogP) is 2.89. The molecule has 1 aliphatic heterocycles. The number of anilines is 1. The zero-order valence-electron chi connectivity index (χ0n) is 15.8. The maximum absolute atomic E-state index is 12.5. The van der Waals surface area contributed by atoms with Crippen LogP contribution in [0.25, 0.3) is 0 Å². The van der Waals surface area contributed by atoms with Gasteiger partial charge in [-0.05, 0) is 56.2 Å². The standard InChI is InChI=1S/C20H24N2O5S/c1-2-26-19-8-4-3-7-18(19)21-20(23)15-27-16-9-11-17(12-10-16)28(24,25)22-13-5-6-14-22/h3-4,7-12H,2,5-6,13-15H2,1H3,(H,21,23). The van der Waals surface area contributed by atoms with Gasteiger partial charge >= 0.3 is 0 Å². The summed E-state index contributed by atoms with van der Waals surface area (Å²) >= 11 is 0. The van der Waals surface area contributed by atoms with Crippen LogP contribution in [-0.2, 0) is 14.8 Å². The molecule has 1 aliphatic rings.